The van der Waals surface area contributed by atoms with E-state index >= 15 is 0 Å². The van der Waals surface area contributed by atoms with Gasteiger partial charge in [0.2, 0.25) is 11.8 Å². The summed E-state index contributed by atoms with van der Waals surface area (Å²) in [6.45, 7) is 1.93. The van der Waals surface area contributed by atoms with Gasteiger partial charge in [-0.05, 0) is 25.9 Å². The summed E-state index contributed by atoms with van der Waals surface area (Å²) in [7, 11) is 0. The van der Waals surface area contributed by atoms with Gasteiger partial charge in [0.25, 0.3) is 0 Å². The van der Waals surface area contributed by atoms with Gasteiger partial charge in [-0.25, -0.2) is 0 Å². The van der Waals surface area contributed by atoms with Crippen LogP contribution in [0.15, 0.2) is 0 Å². The van der Waals surface area contributed by atoms with Crippen molar-refractivity contribution in [2.24, 2.45) is 0 Å². The van der Waals surface area contributed by atoms with Gasteiger partial charge in [0.15, 0.2) is 0 Å². The van der Waals surface area contributed by atoms with Crippen LogP contribution in [0.2, 0.25) is 0 Å². The minimum atomic E-state index is -0.167. The number of likely N-dealkylation sites (tertiary alicyclic amines) is 1. The molecule has 2 saturated heterocycles. The standard InChI is InChI=1S/C8H12N2O2/c11-7-5-6(8(12)9-7)10-3-1-2-4-10/h6H,1-5H2,(H,9,11,12)/t6-/m1/s1. The van der Waals surface area contributed by atoms with Crippen molar-refractivity contribution in [2.45, 2.75) is 25.3 Å². The van der Waals surface area contributed by atoms with Gasteiger partial charge in [0.1, 0.15) is 0 Å². The minimum Gasteiger partial charge on any atom is -0.295 e. The van der Waals surface area contributed by atoms with Crippen LogP contribution in [0.1, 0.15) is 19.3 Å². The van der Waals surface area contributed by atoms with E-state index in [1.807, 2.05) is 0 Å². The van der Waals surface area contributed by atoms with Crippen LogP contribution in [0.5, 0.6) is 0 Å². The Balaban J connectivity index is 2.03. The Labute approximate surface area is 70.9 Å². The van der Waals surface area contributed by atoms with E-state index < -0.39 is 0 Å². The Hall–Kier alpha value is -0.900. The van der Waals surface area contributed by atoms with Crippen molar-refractivity contribution < 1.29 is 9.59 Å². The Morgan fingerprint density at radius 1 is 1.25 bits per heavy atom. The summed E-state index contributed by atoms with van der Waals surface area (Å²) >= 11 is 0. The van der Waals surface area contributed by atoms with Gasteiger partial charge in [-0.15, -0.1) is 0 Å². The summed E-state index contributed by atoms with van der Waals surface area (Å²) in [4.78, 5) is 24.2. The number of rotatable bonds is 1. The van der Waals surface area contributed by atoms with Gasteiger partial charge < -0.3 is 0 Å². The zero-order valence-electron chi connectivity index (χ0n) is 6.88. The van der Waals surface area contributed by atoms with Crippen molar-refractivity contribution in [1.29, 1.82) is 0 Å². The van der Waals surface area contributed by atoms with Crippen LogP contribution in [0.4, 0.5) is 0 Å². The summed E-state index contributed by atoms with van der Waals surface area (Å²) in [5.74, 6) is -0.237. The molecule has 2 rings (SSSR count). The first-order chi connectivity index (χ1) is 5.77. The highest BCUT2D eigenvalue weighted by Gasteiger charge is 2.35. The zero-order chi connectivity index (χ0) is 8.55. The monoisotopic (exact) mass is 168 g/mol. The summed E-state index contributed by atoms with van der Waals surface area (Å²) in [5, 5.41) is 2.32. The second-order valence-corrected chi connectivity index (χ2v) is 3.38. The molecule has 0 saturated carbocycles. The number of nitrogens with zero attached hydrogens (tertiary/aromatic N) is 1. The number of carbonyl (C=O) groups is 2. The molecule has 0 unspecified atom stereocenters. The fraction of sp³-hybridized carbons (Fsp3) is 0.750. The van der Waals surface area contributed by atoms with E-state index in [9.17, 15) is 9.59 Å². The van der Waals surface area contributed by atoms with Crippen LogP contribution in [0.25, 0.3) is 0 Å². The van der Waals surface area contributed by atoms with Gasteiger partial charge in [0, 0.05) is 0 Å². The van der Waals surface area contributed by atoms with Crippen LogP contribution in [0.3, 0.4) is 0 Å². The van der Waals surface area contributed by atoms with Crippen LogP contribution in [-0.4, -0.2) is 35.8 Å². The Morgan fingerprint density at radius 2 is 1.92 bits per heavy atom. The summed E-state index contributed by atoms with van der Waals surface area (Å²) in [5.41, 5.74) is 0. The van der Waals surface area contributed by atoms with Crippen LogP contribution < -0.4 is 5.32 Å². The first-order valence-electron chi connectivity index (χ1n) is 4.35. The smallest absolute Gasteiger partial charge is 0.244 e. The summed E-state index contributed by atoms with van der Waals surface area (Å²) < 4.78 is 0. The quantitative estimate of drug-likeness (QED) is 0.537. The molecule has 0 aliphatic carbocycles. The fourth-order valence-corrected chi connectivity index (χ4v) is 1.89. The Kier molecular flexibility index (Phi) is 1.84. The van der Waals surface area contributed by atoms with Crippen molar-refractivity contribution in [2.75, 3.05) is 13.1 Å². The van der Waals surface area contributed by atoms with Crippen LogP contribution in [0, 0.1) is 0 Å². The minimum absolute atomic E-state index is 0.109. The SMILES string of the molecule is O=C1C[C@@H](N2CCCC2)C(=O)N1. The molecule has 0 aromatic heterocycles. The molecule has 0 aromatic carbocycles. The average molecular weight is 168 g/mol. The maximum atomic E-state index is 11.2. The zero-order valence-corrected chi connectivity index (χ0v) is 6.88. The molecule has 66 valence electrons. The first kappa shape index (κ1) is 7.73. The van der Waals surface area contributed by atoms with Crippen molar-refractivity contribution in [1.82, 2.24) is 10.2 Å². The molecular weight excluding hydrogens is 156 g/mol. The predicted octanol–water partition coefficient (Wildman–Crippen LogP) is -0.503. The molecule has 12 heavy (non-hydrogen) atoms. The molecule has 0 bridgehead atoms. The number of carbonyl (C=O) groups excluding carboxylic acids is 2. The van der Waals surface area contributed by atoms with E-state index in [1.165, 1.54) is 0 Å². The Bertz CT molecular complexity index is 221. The molecule has 2 fully saturated rings. The summed E-state index contributed by atoms with van der Waals surface area (Å²) in [6, 6.07) is -0.167. The van der Waals surface area contributed by atoms with Gasteiger partial charge >= 0.3 is 0 Å². The molecule has 0 spiro atoms. The van der Waals surface area contributed by atoms with Gasteiger partial charge in [-0.1, -0.05) is 0 Å². The van der Waals surface area contributed by atoms with Gasteiger partial charge in [-0.3, -0.25) is 19.8 Å². The first-order valence-corrected chi connectivity index (χ1v) is 4.35. The van der Waals surface area contributed by atoms with Crippen molar-refractivity contribution in [3.8, 4) is 0 Å². The van der Waals surface area contributed by atoms with E-state index in [2.05, 4.69) is 10.2 Å². The second kappa shape index (κ2) is 2.86. The number of amides is 2. The molecule has 2 aliphatic heterocycles. The molecule has 2 aliphatic rings. The van der Waals surface area contributed by atoms with Gasteiger partial charge in [-0.2, -0.15) is 0 Å². The molecule has 2 amide bonds. The van der Waals surface area contributed by atoms with E-state index in [4.69, 9.17) is 0 Å². The predicted molar refractivity (Wildman–Crippen MR) is 42.4 cm³/mol. The van der Waals surface area contributed by atoms with E-state index in [1.54, 1.807) is 0 Å². The number of nitrogens with one attached hydrogen (secondary N) is 1. The lowest BCUT2D eigenvalue weighted by atomic mass is 10.2. The lowest BCUT2D eigenvalue weighted by molar-refractivity contribution is -0.126. The van der Waals surface area contributed by atoms with E-state index in [0.717, 1.165) is 25.9 Å². The average Bonchev–Trinajstić information content (AvgIpc) is 2.58. The molecule has 2 heterocycles. The third-order valence-electron chi connectivity index (χ3n) is 2.53. The third kappa shape index (κ3) is 1.22. The molecule has 0 aromatic rings. The van der Waals surface area contributed by atoms with Crippen LogP contribution in [-0.2, 0) is 9.59 Å². The topological polar surface area (TPSA) is 49.4 Å². The highest BCUT2D eigenvalue weighted by Crippen LogP contribution is 2.17. The van der Waals surface area contributed by atoms with E-state index in [0.29, 0.717) is 6.42 Å². The lowest BCUT2D eigenvalue weighted by Crippen LogP contribution is -2.38. The van der Waals surface area contributed by atoms with Crippen molar-refractivity contribution in [3.05, 3.63) is 0 Å². The molecule has 0 radical (unpaired) electrons. The van der Waals surface area contributed by atoms with E-state index in [-0.39, 0.29) is 17.9 Å². The highest BCUT2D eigenvalue weighted by molar-refractivity contribution is 6.05. The maximum absolute atomic E-state index is 11.2. The Morgan fingerprint density at radius 3 is 2.42 bits per heavy atom. The van der Waals surface area contributed by atoms with Crippen LogP contribution >= 0.6 is 0 Å². The third-order valence-corrected chi connectivity index (χ3v) is 2.53. The normalized spacial score (nSPS) is 31.2. The largest absolute Gasteiger partial charge is 0.295 e. The number of hydrogen-bond acceptors (Lipinski definition) is 3. The van der Waals surface area contributed by atoms with Crippen molar-refractivity contribution in [3.63, 3.8) is 0 Å². The van der Waals surface area contributed by atoms with Crippen molar-refractivity contribution >= 4 is 11.8 Å². The molecule has 1 N–H and O–H groups in total. The molecular formula is C8H12N2O2. The fourth-order valence-electron chi connectivity index (χ4n) is 1.89. The highest BCUT2D eigenvalue weighted by atomic mass is 16.2. The summed E-state index contributed by atoms with van der Waals surface area (Å²) in [6.07, 6.45) is 2.66. The maximum Gasteiger partial charge on any atom is 0.244 e. The molecule has 4 nitrogen and oxygen atoms in total. The number of imide groups is 1. The number of hydrogen-bond donors (Lipinski definition) is 1. The second-order valence-electron chi connectivity index (χ2n) is 3.38. The molecule has 4 heteroatoms. The lowest BCUT2D eigenvalue weighted by Gasteiger charge is -2.19. The van der Waals surface area contributed by atoms with Gasteiger partial charge in [0.05, 0.1) is 12.5 Å². The molecule has 1 atom stereocenters.